The molecule has 0 spiro atoms. The highest BCUT2D eigenvalue weighted by Gasteiger charge is 2.37. The van der Waals surface area contributed by atoms with Crippen LogP contribution in [-0.4, -0.2) is 41.3 Å². The Morgan fingerprint density at radius 1 is 0.930 bits per heavy atom. The maximum atomic E-state index is 13.2. The fourth-order valence-corrected chi connectivity index (χ4v) is 3.56. The number of halogens is 6. The number of nitrogens with one attached hydrogen (secondary N) is 3. The Bertz CT molecular complexity index is 1330. The van der Waals surface area contributed by atoms with Gasteiger partial charge in [0, 0.05) is 18.7 Å². The summed E-state index contributed by atoms with van der Waals surface area (Å²) in [6.45, 7) is -0.244. The average Bonchev–Trinajstić information content (AvgIpc) is 2.91. The molecule has 19 heteroatoms. The molecule has 0 radical (unpaired) electrons. The summed E-state index contributed by atoms with van der Waals surface area (Å²) in [4.78, 5) is 47.4. The number of nitro groups is 1. The summed E-state index contributed by atoms with van der Waals surface area (Å²) in [6.07, 6.45) is -10.7. The van der Waals surface area contributed by atoms with Crippen molar-refractivity contribution in [2.24, 2.45) is 22.3 Å². The first kappa shape index (κ1) is 34.3. The Hall–Kier alpha value is -4.94. The van der Waals surface area contributed by atoms with E-state index in [2.05, 4.69) is 21.1 Å². The third kappa shape index (κ3) is 10.8. The van der Waals surface area contributed by atoms with E-state index in [4.69, 9.17) is 17.2 Å². The number of hydrogen-bond acceptors (Lipinski definition) is 6. The normalized spacial score (nSPS) is 13.5. The number of alkyl halides is 6. The fourth-order valence-electron chi connectivity index (χ4n) is 3.56. The number of benzene rings is 2. The first-order chi connectivity index (χ1) is 19.9. The summed E-state index contributed by atoms with van der Waals surface area (Å²) in [7, 11) is 0. The van der Waals surface area contributed by atoms with Gasteiger partial charge in [-0.05, 0) is 42.2 Å². The molecule has 1 unspecified atom stereocenters. The summed E-state index contributed by atoms with van der Waals surface area (Å²) in [5, 5.41) is 19.1. The van der Waals surface area contributed by atoms with Crippen LogP contribution in [0, 0.1) is 10.1 Å². The molecule has 2 aromatic rings. The molecule has 2 aromatic carbocycles. The van der Waals surface area contributed by atoms with Crippen LogP contribution in [0.4, 0.5) is 26.3 Å². The van der Waals surface area contributed by atoms with E-state index in [-0.39, 0.29) is 44.1 Å². The smallest absolute Gasteiger partial charge is 0.368 e. The monoisotopic (exact) mass is 620 g/mol. The maximum absolute atomic E-state index is 13.2. The number of hydrogen-bond donors (Lipinski definition) is 6. The molecule has 234 valence electrons. The molecule has 43 heavy (non-hydrogen) atoms. The number of hydrazone groups is 1. The van der Waals surface area contributed by atoms with Crippen molar-refractivity contribution in [3.8, 4) is 0 Å². The second-order valence-corrected chi connectivity index (χ2v) is 8.95. The number of amides is 3. The van der Waals surface area contributed by atoms with E-state index in [1.165, 1.54) is 24.3 Å². The van der Waals surface area contributed by atoms with E-state index in [0.29, 0.717) is 11.1 Å². The molecule has 0 aliphatic carbocycles. The van der Waals surface area contributed by atoms with Gasteiger partial charge in [-0.2, -0.15) is 26.3 Å². The zero-order chi connectivity index (χ0) is 32.5. The number of rotatable bonds is 12. The summed E-state index contributed by atoms with van der Waals surface area (Å²) in [5.41, 5.74) is 12.5. The summed E-state index contributed by atoms with van der Waals surface area (Å²) in [5.74, 6) is -3.60. The lowest BCUT2D eigenvalue weighted by Gasteiger charge is -2.20. The van der Waals surface area contributed by atoms with Gasteiger partial charge in [0.2, 0.25) is 11.8 Å². The Kier molecular flexibility index (Phi) is 11.4. The van der Waals surface area contributed by atoms with Crippen LogP contribution in [0.2, 0.25) is 0 Å². The molecule has 0 aliphatic heterocycles. The van der Waals surface area contributed by atoms with Crippen molar-refractivity contribution >= 4 is 23.7 Å². The van der Waals surface area contributed by atoms with Crippen LogP contribution in [0.3, 0.4) is 0 Å². The topological polar surface area (TPSA) is 221 Å². The maximum Gasteiger partial charge on any atom is 0.416 e. The van der Waals surface area contributed by atoms with Crippen LogP contribution >= 0.6 is 0 Å². The number of carbonyl (C=O) groups excluding carboxylic acids is 3. The third-order valence-corrected chi connectivity index (χ3v) is 5.75. The van der Waals surface area contributed by atoms with Gasteiger partial charge in [-0.1, -0.05) is 24.3 Å². The molecule has 0 saturated carbocycles. The van der Waals surface area contributed by atoms with Crippen molar-refractivity contribution in [1.29, 1.82) is 0 Å². The summed E-state index contributed by atoms with van der Waals surface area (Å²) in [6, 6.07) is 3.70. The van der Waals surface area contributed by atoms with E-state index in [0.717, 1.165) is 0 Å². The van der Waals surface area contributed by atoms with Crippen molar-refractivity contribution in [2.45, 2.75) is 43.8 Å². The highest BCUT2D eigenvalue weighted by atomic mass is 19.4. The number of carbonyl (C=O) groups is 3. The van der Waals surface area contributed by atoms with Crippen molar-refractivity contribution in [3.63, 3.8) is 0 Å². The largest absolute Gasteiger partial charge is 0.416 e. The molecule has 9 N–H and O–H groups in total. The zero-order valence-electron chi connectivity index (χ0n) is 22.0. The third-order valence-electron chi connectivity index (χ3n) is 5.75. The number of nitrogens with zero attached hydrogens (tertiary/aromatic N) is 2. The van der Waals surface area contributed by atoms with Gasteiger partial charge in [0.25, 0.3) is 11.9 Å². The Morgan fingerprint density at radius 3 is 1.98 bits per heavy atom. The highest BCUT2D eigenvalue weighted by molar-refractivity contribution is 5.98. The van der Waals surface area contributed by atoms with Crippen LogP contribution in [0.25, 0.3) is 0 Å². The molecule has 0 aliphatic rings. The van der Waals surface area contributed by atoms with Gasteiger partial charge in [-0.15, -0.1) is 0 Å². The van der Waals surface area contributed by atoms with Crippen LogP contribution in [0.1, 0.15) is 51.5 Å². The Morgan fingerprint density at radius 2 is 1.49 bits per heavy atom. The molecular weight excluding hydrogens is 594 g/mol. The lowest BCUT2D eigenvalue weighted by molar-refractivity contribution is -0.485. The molecule has 2 rings (SSSR count). The van der Waals surface area contributed by atoms with Crippen molar-refractivity contribution in [1.82, 2.24) is 16.0 Å². The van der Waals surface area contributed by atoms with Gasteiger partial charge in [-0.3, -0.25) is 14.4 Å². The standard InChI is InChI=1S/C24H26F6N8O5/c25-23(26,27)15-8-14(9-16(10-15)24(28,29)30)20(40)36-17(2-1-7-34-22(33)37-38(42)43)21(41)35-11-12-3-5-13(6-4-12)18(31)19(32)39/h3-6,8-10,17-18H,1-2,7,11,31H2,(H2,32,39)(H,35,41)(H,36,40)(H3,33,34,37)/t17-,18?/m1/s1. The van der Waals surface area contributed by atoms with Gasteiger partial charge in [0.15, 0.2) is 5.03 Å². The van der Waals surface area contributed by atoms with Crippen LogP contribution in [-0.2, 0) is 28.5 Å². The highest BCUT2D eigenvalue weighted by Crippen LogP contribution is 2.36. The van der Waals surface area contributed by atoms with Gasteiger partial charge in [0.05, 0.1) is 11.1 Å². The lowest BCUT2D eigenvalue weighted by atomic mass is 10.0. The summed E-state index contributed by atoms with van der Waals surface area (Å²) >= 11 is 0. The SMILES string of the molecule is NC(=O)C(N)c1ccc(CNC(=O)[C@@H](CCCN/C(N)=N\[N+](=O)[O-])NC(=O)c2cc(C(F)(F)F)cc(C(F)(F)F)c2)cc1. The van der Waals surface area contributed by atoms with Gasteiger partial charge in [-0.25, -0.2) is 10.1 Å². The van der Waals surface area contributed by atoms with Gasteiger partial charge >= 0.3 is 12.4 Å². The zero-order valence-corrected chi connectivity index (χ0v) is 22.0. The first-order valence-corrected chi connectivity index (χ1v) is 12.1. The molecule has 0 heterocycles. The molecule has 13 nitrogen and oxygen atoms in total. The minimum Gasteiger partial charge on any atom is -0.368 e. The van der Waals surface area contributed by atoms with Crippen LogP contribution < -0.4 is 33.2 Å². The van der Waals surface area contributed by atoms with Gasteiger partial charge < -0.3 is 33.2 Å². The predicted molar refractivity (Wildman–Crippen MR) is 138 cm³/mol. The minimum absolute atomic E-state index is 0.0115. The van der Waals surface area contributed by atoms with E-state index < -0.39 is 69.8 Å². The fraction of sp³-hybridized carbons (Fsp3) is 0.333. The average molecular weight is 621 g/mol. The molecule has 3 amide bonds. The molecule has 0 saturated heterocycles. The van der Waals surface area contributed by atoms with E-state index in [9.17, 15) is 50.8 Å². The molecule has 0 fully saturated rings. The number of guanidine groups is 1. The van der Waals surface area contributed by atoms with Crippen LogP contribution in [0.15, 0.2) is 47.6 Å². The van der Waals surface area contributed by atoms with Crippen molar-refractivity contribution in [3.05, 3.63) is 80.4 Å². The van der Waals surface area contributed by atoms with E-state index in [1.54, 1.807) is 0 Å². The Labute approximate surface area is 239 Å². The predicted octanol–water partition coefficient (Wildman–Crippen LogP) is 1.50. The van der Waals surface area contributed by atoms with E-state index in [1.807, 2.05) is 0 Å². The quantitative estimate of drug-likeness (QED) is 0.0508. The molecule has 2 atom stereocenters. The van der Waals surface area contributed by atoms with E-state index >= 15 is 0 Å². The second kappa shape index (κ2) is 14.3. The van der Waals surface area contributed by atoms with Crippen LogP contribution in [0.5, 0.6) is 0 Å². The van der Waals surface area contributed by atoms with Crippen molar-refractivity contribution < 1.29 is 45.8 Å². The lowest BCUT2D eigenvalue weighted by Crippen LogP contribution is -2.47. The summed E-state index contributed by atoms with van der Waals surface area (Å²) < 4.78 is 79.5. The Balaban J connectivity index is 2.24. The molecule has 0 bridgehead atoms. The number of primary amides is 1. The van der Waals surface area contributed by atoms with Crippen molar-refractivity contribution in [2.75, 3.05) is 6.54 Å². The first-order valence-electron chi connectivity index (χ1n) is 12.1. The molecule has 0 aromatic heterocycles. The minimum atomic E-state index is -5.21. The second-order valence-electron chi connectivity index (χ2n) is 8.95. The van der Waals surface area contributed by atoms with Gasteiger partial charge in [0.1, 0.15) is 17.2 Å². The number of nitrogens with two attached hydrogens (primary N) is 3. The molecular formula is C24H26F6N8O5.